The molecular weight excluding hydrogens is 279 g/mol. The zero-order chi connectivity index (χ0) is 15.2. The topological polar surface area (TPSA) is 49.4 Å². The lowest BCUT2D eigenvalue weighted by atomic mass is 10.1. The van der Waals surface area contributed by atoms with E-state index < -0.39 is 10.0 Å². The predicted octanol–water partition coefficient (Wildman–Crippen LogP) is 1.90. The predicted molar refractivity (Wildman–Crippen MR) is 79.6 cm³/mol. The first kappa shape index (κ1) is 17.1. The molecule has 20 heavy (non-hydrogen) atoms. The highest BCUT2D eigenvalue weighted by Gasteiger charge is 2.12. The Morgan fingerprint density at radius 1 is 1.35 bits per heavy atom. The molecule has 114 valence electrons. The maximum atomic E-state index is 13.1. The molecule has 1 aromatic carbocycles. The Balaban J connectivity index is 2.34. The molecule has 0 atom stereocenters. The summed E-state index contributed by atoms with van der Waals surface area (Å²) in [4.78, 5) is 0. The van der Waals surface area contributed by atoms with Crippen LogP contribution in [-0.4, -0.2) is 38.6 Å². The standard InChI is InChI=1S/C14H23FN2O2S/c1-4-17(20(3,18)19)9-5-8-16-11-13-10-14(15)7-6-12(13)2/h6-7,10,16H,4-5,8-9,11H2,1-3H3. The van der Waals surface area contributed by atoms with Crippen molar-refractivity contribution in [3.05, 3.63) is 35.1 Å². The van der Waals surface area contributed by atoms with Gasteiger partial charge in [-0.3, -0.25) is 0 Å². The van der Waals surface area contributed by atoms with Gasteiger partial charge in [0.2, 0.25) is 10.0 Å². The van der Waals surface area contributed by atoms with Crippen LogP contribution in [0.3, 0.4) is 0 Å². The summed E-state index contributed by atoms with van der Waals surface area (Å²) >= 11 is 0. The van der Waals surface area contributed by atoms with E-state index in [1.54, 1.807) is 6.07 Å². The monoisotopic (exact) mass is 302 g/mol. The van der Waals surface area contributed by atoms with Crippen molar-refractivity contribution < 1.29 is 12.8 Å². The number of hydrogen-bond donors (Lipinski definition) is 1. The Hall–Kier alpha value is -0.980. The van der Waals surface area contributed by atoms with Gasteiger partial charge in [0.15, 0.2) is 0 Å². The van der Waals surface area contributed by atoms with Gasteiger partial charge in [-0.25, -0.2) is 17.1 Å². The number of halogens is 1. The first-order valence-electron chi connectivity index (χ1n) is 6.75. The SMILES string of the molecule is CCN(CCCNCc1cc(F)ccc1C)S(C)(=O)=O. The van der Waals surface area contributed by atoms with Crippen LogP contribution in [0, 0.1) is 12.7 Å². The average Bonchev–Trinajstić information content (AvgIpc) is 2.36. The summed E-state index contributed by atoms with van der Waals surface area (Å²) in [6, 6.07) is 4.73. The van der Waals surface area contributed by atoms with Crippen molar-refractivity contribution in [3.63, 3.8) is 0 Å². The molecule has 1 rings (SSSR count). The molecule has 0 aliphatic heterocycles. The number of aryl methyl sites for hydroxylation is 1. The minimum Gasteiger partial charge on any atom is -0.313 e. The third kappa shape index (κ3) is 5.56. The van der Waals surface area contributed by atoms with Crippen LogP contribution >= 0.6 is 0 Å². The molecule has 0 unspecified atom stereocenters. The summed E-state index contributed by atoms with van der Waals surface area (Å²) in [6.45, 7) is 6.05. The molecule has 0 aliphatic rings. The van der Waals surface area contributed by atoms with Crippen LogP contribution in [0.1, 0.15) is 24.5 Å². The van der Waals surface area contributed by atoms with Crippen molar-refractivity contribution in [2.75, 3.05) is 25.9 Å². The summed E-state index contributed by atoms with van der Waals surface area (Å²) in [5, 5.41) is 3.21. The highest BCUT2D eigenvalue weighted by atomic mass is 32.2. The summed E-state index contributed by atoms with van der Waals surface area (Å²) in [5.74, 6) is -0.235. The van der Waals surface area contributed by atoms with Gasteiger partial charge >= 0.3 is 0 Å². The van der Waals surface area contributed by atoms with E-state index in [1.807, 2.05) is 13.8 Å². The minimum atomic E-state index is -3.11. The highest BCUT2D eigenvalue weighted by molar-refractivity contribution is 7.88. The summed E-state index contributed by atoms with van der Waals surface area (Å²) < 4.78 is 37.3. The summed E-state index contributed by atoms with van der Waals surface area (Å²) in [7, 11) is -3.11. The Bertz CT molecular complexity index is 532. The van der Waals surface area contributed by atoms with Crippen LogP contribution in [-0.2, 0) is 16.6 Å². The lowest BCUT2D eigenvalue weighted by molar-refractivity contribution is 0.419. The largest absolute Gasteiger partial charge is 0.313 e. The molecule has 0 heterocycles. The fraction of sp³-hybridized carbons (Fsp3) is 0.571. The van der Waals surface area contributed by atoms with Crippen LogP contribution in [0.15, 0.2) is 18.2 Å². The van der Waals surface area contributed by atoms with Crippen molar-refractivity contribution in [2.24, 2.45) is 0 Å². The molecule has 6 heteroatoms. The van der Waals surface area contributed by atoms with Crippen LogP contribution in [0.2, 0.25) is 0 Å². The van der Waals surface area contributed by atoms with Crippen molar-refractivity contribution in [1.82, 2.24) is 9.62 Å². The maximum absolute atomic E-state index is 13.1. The van der Waals surface area contributed by atoms with Crippen molar-refractivity contribution >= 4 is 10.0 Å². The Labute approximate surface area is 121 Å². The first-order chi connectivity index (χ1) is 9.34. The minimum absolute atomic E-state index is 0.235. The zero-order valence-corrected chi connectivity index (χ0v) is 13.1. The number of nitrogens with one attached hydrogen (secondary N) is 1. The number of benzene rings is 1. The zero-order valence-electron chi connectivity index (χ0n) is 12.3. The highest BCUT2D eigenvalue weighted by Crippen LogP contribution is 2.09. The van der Waals surface area contributed by atoms with Gasteiger partial charge in [0.1, 0.15) is 5.82 Å². The Morgan fingerprint density at radius 2 is 2.05 bits per heavy atom. The van der Waals surface area contributed by atoms with Crippen molar-refractivity contribution in [2.45, 2.75) is 26.8 Å². The van der Waals surface area contributed by atoms with E-state index >= 15 is 0 Å². The fourth-order valence-electron chi connectivity index (χ4n) is 1.99. The second-order valence-corrected chi connectivity index (χ2v) is 6.84. The van der Waals surface area contributed by atoms with Gasteiger partial charge in [-0.05, 0) is 43.1 Å². The summed E-state index contributed by atoms with van der Waals surface area (Å²) in [5.41, 5.74) is 1.98. The van der Waals surface area contributed by atoms with E-state index in [0.29, 0.717) is 26.2 Å². The normalized spacial score (nSPS) is 12.1. The maximum Gasteiger partial charge on any atom is 0.211 e. The third-order valence-corrected chi connectivity index (χ3v) is 4.59. The molecule has 0 bridgehead atoms. The van der Waals surface area contributed by atoms with Crippen molar-refractivity contribution in [1.29, 1.82) is 0 Å². The molecule has 1 N–H and O–H groups in total. The van der Waals surface area contributed by atoms with Gasteiger partial charge in [0.05, 0.1) is 6.26 Å². The molecular formula is C14H23FN2O2S. The molecule has 1 aromatic rings. The molecule has 0 fully saturated rings. The lowest BCUT2D eigenvalue weighted by Gasteiger charge is -2.17. The average molecular weight is 302 g/mol. The van der Waals surface area contributed by atoms with E-state index in [1.165, 1.54) is 22.7 Å². The second kappa shape index (κ2) is 7.71. The van der Waals surface area contributed by atoms with E-state index in [-0.39, 0.29) is 5.82 Å². The third-order valence-electron chi connectivity index (χ3n) is 3.21. The smallest absolute Gasteiger partial charge is 0.211 e. The molecule has 0 saturated carbocycles. The fourth-order valence-corrected chi connectivity index (χ4v) is 2.92. The molecule has 4 nitrogen and oxygen atoms in total. The molecule has 0 saturated heterocycles. The number of sulfonamides is 1. The van der Waals surface area contributed by atoms with E-state index in [4.69, 9.17) is 0 Å². The van der Waals surface area contributed by atoms with Gasteiger partial charge in [-0.1, -0.05) is 13.0 Å². The quantitative estimate of drug-likeness (QED) is 0.746. The van der Waals surface area contributed by atoms with Crippen LogP contribution in [0.5, 0.6) is 0 Å². The van der Waals surface area contributed by atoms with Gasteiger partial charge < -0.3 is 5.32 Å². The van der Waals surface area contributed by atoms with E-state index in [9.17, 15) is 12.8 Å². The molecule has 0 spiro atoms. The number of hydrogen-bond acceptors (Lipinski definition) is 3. The lowest BCUT2D eigenvalue weighted by Crippen LogP contribution is -2.32. The molecule has 0 aliphatic carbocycles. The van der Waals surface area contributed by atoms with Gasteiger partial charge in [0.25, 0.3) is 0 Å². The van der Waals surface area contributed by atoms with E-state index in [0.717, 1.165) is 17.5 Å². The van der Waals surface area contributed by atoms with Gasteiger partial charge in [-0.2, -0.15) is 0 Å². The Kier molecular flexibility index (Phi) is 6.58. The summed E-state index contributed by atoms with van der Waals surface area (Å²) in [6.07, 6.45) is 1.95. The first-order valence-corrected chi connectivity index (χ1v) is 8.60. The van der Waals surface area contributed by atoms with Crippen molar-refractivity contribution in [3.8, 4) is 0 Å². The second-order valence-electron chi connectivity index (χ2n) is 4.86. The molecule has 0 aromatic heterocycles. The van der Waals surface area contributed by atoms with Crippen LogP contribution in [0.25, 0.3) is 0 Å². The van der Waals surface area contributed by atoms with Crippen LogP contribution < -0.4 is 5.32 Å². The van der Waals surface area contributed by atoms with Gasteiger partial charge in [-0.15, -0.1) is 0 Å². The van der Waals surface area contributed by atoms with Crippen LogP contribution in [0.4, 0.5) is 4.39 Å². The number of rotatable bonds is 8. The molecule has 0 amide bonds. The van der Waals surface area contributed by atoms with Gasteiger partial charge in [0, 0.05) is 19.6 Å². The Morgan fingerprint density at radius 3 is 2.65 bits per heavy atom. The number of nitrogens with zero attached hydrogens (tertiary/aromatic N) is 1. The molecule has 0 radical (unpaired) electrons. The van der Waals surface area contributed by atoms with E-state index in [2.05, 4.69) is 5.32 Å².